The highest BCUT2D eigenvalue weighted by Crippen LogP contribution is 2.25. The Bertz CT molecular complexity index is 354. The minimum atomic E-state index is 0.193. The van der Waals surface area contributed by atoms with Gasteiger partial charge in [0.05, 0.1) is 0 Å². The molecule has 1 aromatic rings. The van der Waals surface area contributed by atoms with E-state index in [4.69, 9.17) is 0 Å². The molecule has 2 nitrogen and oxygen atoms in total. The van der Waals surface area contributed by atoms with Crippen molar-refractivity contribution in [1.82, 2.24) is 0 Å². The summed E-state index contributed by atoms with van der Waals surface area (Å²) in [6.07, 6.45) is 3.11. The second-order valence-electron chi connectivity index (χ2n) is 3.75. The summed E-state index contributed by atoms with van der Waals surface area (Å²) in [5.74, 6) is 1.16. The zero-order valence-electron chi connectivity index (χ0n) is 9.16. The molecule has 1 unspecified atom stereocenters. The lowest BCUT2D eigenvalue weighted by Crippen LogP contribution is -2.18. The number of thioether (sulfide) groups is 1. The second kappa shape index (κ2) is 4.71. The molecule has 0 saturated heterocycles. The van der Waals surface area contributed by atoms with Crippen LogP contribution in [0.1, 0.15) is 17.5 Å². The van der Waals surface area contributed by atoms with Gasteiger partial charge in [0.25, 0.3) is 0 Å². The van der Waals surface area contributed by atoms with Crippen molar-refractivity contribution in [3.8, 4) is 0 Å². The molecule has 0 aliphatic carbocycles. The van der Waals surface area contributed by atoms with Crippen molar-refractivity contribution >= 4 is 23.7 Å². The molecular formula is C12H16N2S. The van der Waals surface area contributed by atoms with Crippen LogP contribution in [0.15, 0.2) is 23.2 Å². The molecule has 0 radical (unpaired) electrons. The van der Waals surface area contributed by atoms with Gasteiger partial charge in [-0.1, -0.05) is 18.2 Å². The number of aliphatic imine (C=N–C) groups is 1. The molecule has 15 heavy (non-hydrogen) atoms. The number of hydrogen-bond acceptors (Lipinski definition) is 3. The molecular weight excluding hydrogens is 204 g/mol. The fourth-order valence-corrected chi connectivity index (χ4v) is 2.53. The van der Waals surface area contributed by atoms with Crippen LogP contribution < -0.4 is 5.32 Å². The highest BCUT2D eigenvalue weighted by molar-refractivity contribution is 8.00. The number of rotatable bonds is 2. The van der Waals surface area contributed by atoms with E-state index in [9.17, 15) is 0 Å². The molecule has 1 atom stereocenters. The van der Waals surface area contributed by atoms with Gasteiger partial charge < -0.3 is 5.32 Å². The van der Waals surface area contributed by atoms with Gasteiger partial charge in [-0.25, -0.2) is 0 Å². The number of aryl methyl sites for hydroxylation is 2. The van der Waals surface area contributed by atoms with Gasteiger partial charge in [-0.05, 0) is 31.4 Å². The molecule has 3 heteroatoms. The maximum atomic E-state index is 4.43. The van der Waals surface area contributed by atoms with E-state index in [-0.39, 0.29) is 5.50 Å². The molecule has 1 N–H and O–H groups in total. The Kier molecular flexibility index (Phi) is 3.31. The summed E-state index contributed by atoms with van der Waals surface area (Å²) in [4.78, 5) is 4.43. The van der Waals surface area contributed by atoms with E-state index in [1.54, 1.807) is 0 Å². The van der Waals surface area contributed by atoms with Gasteiger partial charge in [0, 0.05) is 17.7 Å². The van der Waals surface area contributed by atoms with Crippen LogP contribution in [0.4, 0.5) is 5.69 Å². The summed E-state index contributed by atoms with van der Waals surface area (Å²) in [6, 6.07) is 6.35. The van der Waals surface area contributed by atoms with Crippen LogP contribution in [0.3, 0.4) is 0 Å². The molecule has 1 aromatic carbocycles. The maximum absolute atomic E-state index is 4.43. The van der Waals surface area contributed by atoms with Crippen molar-refractivity contribution in [2.45, 2.75) is 25.8 Å². The summed E-state index contributed by atoms with van der Waals surface area (Å²) in [7, 11) is 0. The second-order valence-corrected chi connectivity index (χ2v) is 4.94. The standard InChI is InChI=1S/C12H16N2S/c1-9-5-3-6-10(2)11(9)14-12-13-7-4-8-15-12/h3,5-7,12,14H,4,8H2,1-2H3. The highest BCUT2D eigenvalue weighted by atomic mass is 32.2. The first-order valence-electron chi connectivity index (χ1n) is 5.23. The lowest BCUT2D eigenvalue weighted by atomic mass is 10.1. The average molecular weight is 220 g/mol. The quantitative estimate of drug-likeness (QED) is 0.827. The lowest BCUT2D eigenvalue weighted by molar-refractivity contribution is 1.02. The Morgan fingerprint density at radius 3 is 2.67 bits per heavy atom. The molecule has 80 valence electrons. The number of para-hydroxylation sites is 1. The number of nitrogens with one attached hydrogen (secondary N) is 1. The Labute approximate surface area is 95.2 Å². The first-order valence-corrected chi connectivity index (χ1v) is 6.28. The van der Waals surface area contributed by atoms with Crippen molar-refractivity contribution in [3.05, 3.63) is 29.3 Å². The predicted octanol–water partition coefficient (Wildman–Crippen LogP) is 3.21. The fraction of sp³-hybridized carbons (Fsp3) is 0.417. The Balaban J connectivity index is 2.16. The third-order valence-electron chi connectivity index (χ3n) is 2.51. The zero-order valence-corrected chi connectivity index (χ0v) is 9.97. The van der Waals surface area contributed by atoms with Crippen LogP contribution in [-0.2, 0) is 0 Å². The van der Waals surface area contributed by atoms with Gasteiger partial charge in [-0.2, -0.15) is 0 Å². The van der Waals surface area contributed by atoms with Gasteiger partial charge in [0.2, 0.25) is 0 Å². The van der Waals surface area contributed by atoms with E-state index < -0.39 is 0 Å². The first kappa shape index (κ1) is 10.6. The summed E-state index contributed by atoms with van der Waals surface area (Å²) < 4.78 is 0. The lowest BCUT2D eigenvalue weighted by Gasteiger charge is -2.20. The maximum Gasteiger partial charge on any atom is 0.166 e. The van der Waals surface area contributed by atoms with Gasteiger partial charge in [-0.15, -0.1) is 11.8 Å². The van der Waals surface area contributed by atoms with Gasteiger partial charge in [0.15, 0.2) is 5.50 Å². The van der Waals surface area contributed by atoms with Crippen LogP contribution in [-0.4, -0.2) is 17.5 Å². The van der Waals surface area contributed by atoms with Crippen LogP contribution in [0.25, 0.3) is 0 Å². The largest absolute Gasteiger partial charge is 0.355 e. The topological polar surface area (TPSA) is 24.4 Å². The monoisotopic (exact) mass is 220 g/mol. The molecule has 0 fully saturated rings. The SMILES string of the molecule is Cc1cccc(C)c1NC1N=CCCS1. The van der Waals surface area contributed by atoms with E-state index in [1.165, 1.54) is 16.8 Å². The van der Waals surface area contributed by atoms with Crippen molar-refractivity contribution in [3.63, 3.8) is 0 Å². The van der Waals surface area contributed by atoms with Gasteiger partial charge in [-0.3, -0.25) is 4.99 Å². The van der Waals surface area contributed by atoms with Crippen molar-refractivity contribution < 1.29 is 0 Å². The Hall–Kier alpha value is -0.960. The fourth-order valence-electron chi connectivity index (χ4n) is 1.69. The van der Waals surface area contributed by atoms with Crippen LogP contribution in [0.2, 0.25) is 0 Å². The molecule has 1 aliphatic heterocycles. The molecule has 0 bridgehead atoms. The summed E-state index contributed by atoms with van der Waals surface area (Å²) >= 11 is 1.87. The number of nitrogens with zero attached hydrogens (tertiary/aromatic N) is 1. The Morgan fingerprint density at radius 2 is 2.07 bits per heavy atom. The van der Waals surface area contributed by atoms with Crippen LogP contribution >= 0.6 is 11.8 Å². The zero-order chi connectivity index (χ0) is 10.7. The number of benzene rings is 1. The molecule has 0 aromatic heterocycles. The number of anilines is 1. The molecule has 1 aliphatic rings. The van der Waals surface area contributed by atoms with Crippen molar-refractivity contribution in [2.75, 3.05) is 11.1 Å². The minimum absolute atomic E-state index is 0.193. The summed E-state index contributed by atoms with van der Waals surface area (Å²) in [6.45, 7) is 4.26. The third kappa shape index (κ3) is 2.53. The Morgan fingerprint density at radius 1 is 1.33 bits per heavy atom. The van der Waals surface area contributed by atoms with Gasteiger partial charge >= 0.3 is 0 Å². The first-order chi connectivity index (χ1) is 7.27. The van der Waals surface area contributed by atoms with E-state index in [1.807, 2.05) is 18.0 Å². The highest BCUT2D eigenvalue weighted by Gasteiger charge is 2.11. The van der Waals surface area contributed by atoms with Crippen molar-refractivity contribution in [2.24, 2.45) is 4.99 Å². The van der Waals surface area contributed by atoms with Crippen molar-refractivity contribution in [1.29, 1.82) is 0 Å². The van der Waals surface area contributed by atoms with E-state index in [0.29, 0.717) is 0 Å². The molecule has 0 spiro atoms. The van der Waals surface area contributed by atoms with E-state index >= 15 is 0 Å². The summed E-state index contributed by atoms with van der Waals surface area (Å²) in [5, 5.41) is 3.48. The molecule has 2 rings (SSSR count). The predicted molar refractivity (Wildman–Crippen MR) is 68.9 cm³/mol. The number of hydrogen-bond donors (Lipinski definition) is 1. The third-order valence-corrected chi connectivity index (χ3v) is 3.54. The normalized spacial score (nSPS) is 20.3. The molecule has 0 saturated carbocycles. The summed E-state index contributed by atoms with van der Waals surface area (Å²) in [5.41, 5.74) is 4.00. The minimum Gasteiger partial charge on any atom is -0.355 e. The average Bonchev–Trinajstić information content (AvgIpc) is 2.25. The van der Waals surface area contributed by atoms with Crippen LogP contribution in [0.5, 0.6) is 0 Å². The van der Waals surface area contributed by atoms with Crippen LogP contribution in [0, 0.1) is 13.8 Å². The molecule has 0 amide bonds. The molecule has 1 heterocycles. The smallest absolute Gasteiger partial charge is 0.166 e. The van der Waals surface area contributed by atoms with E-state index in [2.05, 4.69) is 42.4 Å². The van der Waals surface area contributed by atoms with Gasteiger partial charge in [0.1, 0.15) is 0 Å². The van der Waals surface area contributed by atoms with E-state index in [0.717, 1.165) is 12.2 Å².